The summed E-state index contributed by atoms with van der Waals surface area (Å²) in [4.78, 5) is 2.41. The summed E-state index contributed by atoms with van der Waals surface area (Å²) in [6.07, 6.45) is 3.41. The average molecular weight is 315 g/mol. The lowest BCUT2D eigenvalue weighted by molar-refractivity contribution is 0.342. The summed E-state index contributed by atoms with van der Waals surface area (Å²) in [5.41, 5.74) is 5.73. The molecule has 0 aromatic carbocycles. The van der Waals surface area contributed by atoms with Crippen molar-refractivity contribution in [1.29, 1.82) is 0 Å². The summed E-state index contributed by atoms with van der Waals surface area (Å²) in [6, 6.07) is 0. The summed E-state index contributed by atoms with van der Waals surface area (Å²) in [6.45, 7) is 8.24. The van der Waals surface area contributed by atoms with Gasteiger partial charge in [-0.2, -0.15) is 5.10 Å². The number of nitrogens with one attached hydrogen (secondary N) is 1. The van der Waals surface area contributed by atoms with E-state index in [9.17, 15) is 8.42 Å². The number of aromatic nitrogens is 2. The van der Waals surface area contributed by atoms with Crippen molar-refractivity contribution in [3.05, 3.63) is 6.20 Å². The summed E-state index contributed by atoms with van der Waals surface area (Å²) in [7, 11) is -3.58. The number of rotatable bonds is 7. The zero-order valence-corrected chi connectivity index (χ0v) is 13.6. The Morgan fingerprint density at radius 3 is 2.86 bits per heavy atom. The van der Waals surface area contributed by atoms with Gasteiger partial charge >= 0.3 is 0 Å². The molecule has 1 atom stereocenters. The Hall–Kier alpha value is -1.12. The molecule has 2 heterocycles. The van der Waals surface area contributed by atoms with Gasteiger partial charge in [0.05, 0.1) is 0 Å². The van der Waals surface area contributed by atoms with Crippen molar-refractivity contribution in [2.75, 3.05) is 31.9 Å². The molecular weight excluding hydrogens is 290 g/mol. The summed E-state index contributed by atoms with van der Waals surface area (Å²) in [5, 5.41) is 4.04. The molecular formula is C13H25N5O2S. The molecule has 1 saturated heterocycles. The molecule has 1 fully saturated rings. The molecule has 120 valence electrons. The molecule has 1 aliphatic heterocycles. The van der Waals surface area contributed by atoms with E-state index in [1.54, 1.807) is 4.68 Å². The zero-order valence-electron chi connectivity index (χ0n) is 12.7. The van der Waals surface area contributed by atoms with Crippen molar-refractivity contribution < 1.29 is 8.42 Å². The lowest BCUT2D eigenvalue weighted by Gasteiger charge is -2.13. The molecule has 2 rings (SSSR count). The number of hydrogen-bond acceptors (Lipinski definition) is 5. The highest BCUT2D eigenvalue weighted by atomic mass is 32.2. The SMILES string of the molecule is CCCn1cc(S(=O)(=O)NCC2CCN(CC)C2)c(N)n1. The van der Waals surface area contributed by atoms with Crippen LogP contribution in [0.5, 0.6) is 0 Å². The Labute approximate surface area is 126 Å². The second-order valence-electron chi connectivity index (χ2n) is 5.54. The van der Waals surface area contributed by atoms with E-state index in [1.807, 2.05) is 6.92 Å². The number of nitrogens with zero attached hydrogens (tertiary/aromatic N) is 3. The number of anilines is 1. The van der Waals surface area contributed by atoms with E-state index in [0.29, 0.717) is 19.0 Å². The number of hydrogen-bond donors (Lipinski definition) is 2. The van der Waals surface area contributed by atoms with Crippen LogP contribution in [0.4, 0.5) is 5.82 Å². The minimum absolute atomic E-state index is 0.0672. The van der Waals surface area contributed by atoms with Gasteiger partial charge in [0, 0.05) is 25.8 Å². The number of aryl methyl sites for hydroxylation is 1. The van der Waals surface area contributed by atoms with Gasteiger partial charge in [0.1, 0.15) is 4.90 Å². The zero-order chi connectivity index (χ0) is 15.5. The van der Waals surface area contributed by atoms with E-state index in [4.69, 9.17) is 5.73 Å². The summed E-state index contributed by atoms with van der Waals surface area (Å²) >= 11 is 0. The Morgan fingerprint density at radius 1 is 1.48 bits per heavy atom. The molecule has 21 heavy (non-hydrogen) atoms. The van der Waals surface area contributed by atoms with Gasteiger partial charge in [-0.25, -0.2) is 13.1 Å². The van der Waals surface area contributed by atoms with E-state index in [2.05, 4.69) is 21.6 Å². The molecule has 8 heteroatoms. The largest absolute Gasteiger partial charge is 0.381 e. The monoisotopic (exact) mass is 315 g/mol. The molecule has 1 aliphatic rings. The fraction of sp³-hybridized carbons (Fsp3) is 0.769. The predicted octanol–water partition coefficient (Wildman–Crippen LogP) is 0.495. The van der Waals surface area contributed by atoms with Crippen molar-refractivity contribution in [3.8, 4) is 0 Å². The van der Waals surface area contributed by atoms with Crippen molar-refractivity contribution in [2.45, 2.75) is 38.1 Å². The van der Waals surface area contributed by atoms with Gasteiger partial charge in [-0.3, -0.25) is 4.68 Å². The molecule has 1 aromatic rings. The first-order chi connectivity index (χ1) is 9.96. The maximum atomic E-state index is 12.3. The molecule has 0 amide bonds. The summed E-state index contributed by atoms with van der Waals surface area (Å²) < 4.78 is 28.9. The highest BCUT2D eigenvalue weighted by molar-refractivity contribution is 7.89. The third-order valence-electron chi connectivity index (χ3n) is 3.88. The van der Waals surface area contributed by atoms with E-state index < -0.39 is 10.0 Å². The fourth-order valence-corrected chi connectivity index (χ4v) is 3.83. The van der Waals surface area contributed by atoms with Gasteiger partial charge in [-0.1, -0.05) is 13.8 Å². The van der Waals surface area contributed by atoms with Crippen LogP contribution in [0.3, 0.4) is 0 Å². The van der Waals surface area contributed by atoms with Gasteiger partial charge in [-0.15, -0.1) is 0 Å². The normalized spacial score (nSPS) is 20.2. The molecule has 1 unspecified atom stereocenters. The average Bonchev–Trinajstić information content (AvgIpc) is 3.04. The van der Waals surface area contributed by atoms with Gasteiger partial charge in [0.25, 0.3) is 0 Å². The van der Waals surface area contributed by atoms with Gasteiger partial charge in [0.2, 0.25) is 10.0 Å². The minimum atomic E-state index is -3.58. The highest BCUT2D eigenvalue weighted by Crippen LogP contribution is 2.19. The van der Waals surface area contributed by atoms with E-state index >= 15 is 0 Å². The maximum Gasteiger partial charge on any atom is 0.245 e. The molecule has 0 aliphatic carbocycles. The quantitative estimate of drug-likeness (QED) is 0.764. The first-order valence-corrected chi connectivity index (χ1v) is 8.99. The molecule has 0 bridgehead atoms. The second-order valence-corrected chi connectivity index (χ2v) is 7.28. The molecule has 7 nitrogen and oxygen atoms in total. The first-order valence-electron chi connectivity index (χ1n) is 7.51. The number of nitrogen functional groups attached to an aromatic ring is 1. The Bertz CT molecular complexity index is 569. The Kier molecular flexibility index (Phi) is 5.23. The second kappa shape index (κ2) is 6.76. The lowest BCUT2D eigenvalue weighted by Crippen LogP contribution is -2.31. The topological polar surface area (TPSA) is 93.2 Å². The van der Waals surface area contributed by atoms with Crippen LogP contribution < -0.4 is 10.5 Å². The minimum Gasteiger partial charge on any atom is -0.381 e. The van der Waals surface area contributed by atoms with E-state index in [-0.39, 0.29) is 10.7 Å². The smallest absolute Gasteiger partial charge is 0.245 e. The third kappa shape index (κ3) is 3.96. The van der Waals surface area contributed by atoms with Crippen LogP contribution in [0.25, 0.3) is 0 Å². The van der Waals surface area contributed by atoms with Gasteiger partial charge < -0.3 is 10.6 Å². The van der Waals surface area contributed by atoms with E-state index in [0.717, 1.165) is 32.5 Å². The Balaban J connectivity index is 1.98. The molecule has 0 spiro atoms. The van der Waals surface area contributed by atoms with Gasteiger partial charge in [0.15, 0.2) is 5.82 Å². The highest BCUT2D eigenvalue weighted by Gasteiger charge is 2.25. The molecule has 0 radical (unpaired) electrons. The first kappa shape index (κ1) is 16.3. The van der Waals surface area contributed by atoms with Crippen LogP contribution in [0.15, 0.2) is 11.1 Å². The fourth-order valence-electron chi connectivity index (χ4n) is 2.64. The van der Waals surface area contributed by atoms with Crippen LogP contribution in [0.1, 0.15) is 26.7 Å². The van der Waals surface area contributed by atoms with Crippen LogP contribution in [0.2, 0.25) is 0 Å². The lowest BCUT2D eigenvalue weighted by atomic mass is 10.1. The van der Waals surface area contributed by atoms with E-state index in [1.165, 1.54) is 6.20 Å². The standard InChI is InChI=1S/C13H25N5O2S/c1-3-6-18-10-12(13(14)16-18)21(19,20)15-8-11-5-7-17(4-2)9-11/h10-11,15H,3-9H2,1-2H3,(H2,14,16). The van der Waals surface area contributed by atoms with Crippen molar-refractivity contribution in [3.63, 3.8) is 0 Å². The number of sulfonamides is 1. The Morgan fingerprint density at radius 2 is 2.24 bits per heavy atom. The van der Waals surface area contributed by atoms with Crippen molar-refractivity contribution in [2.24, 2.45) is 5.92 Å². The molecule has 3 N–H and O–H groups in total. The van der Waals surface area contributed by atoms with Gasteiger partial charge in [-0.05, 0) is 31.8 Å². The van der Waals surface area contributed by atoms with Crippen LogP contribution in [0, 0.1) is 5.92 Å². The predicted molar refractivity (Wildman–Crippen MR) is 82.3 cm³/mol. The molecule has 1 aromatic heterocycles. The summed E-state index contributed by atoms with van der Waals surface area (Å²) in [5.74, 6) is 0.434. The molecule has 0 saturated carbocycles. The number of nitrogens with two attached hydrogens (primary N) is 1. The maximum absolute atomic E-state index is 12.3. The number of likely N-dealkylation sites (tertiary alicyclic amines) is 1. The third-order valence-corrected chi connectivity index (χ3v) is 5.32. The van der Waals surface area contributed by atoms with Crippen molar-refractivity contribution >= 4 is 15.8 Å². The van der Waals surface area contributed by atoms with Crippen LogP contribution in [-0.4, -0.2) is 49.3 Å². The van der Waals surface area contributed by atoms with Crippen LogP contribution in [-0.2, 0) is 16.6 Å². The van der Waals surface area contributed by atoms with Crippen LogP contribution >= 0.6 is 0 Å². The van der Waals surface area contributed by atoms with Crippen molar-refractivity contribution in [1.82, 2.24) is 19.4 Å².